The summed E-state index contributed by atoms with van der Waals surface area (Å²) in [5.41, 5.74) is -0.0575. The standard InChI is InChI=1S/C18H9ClF3N3OS/c19-11-3-1-9-5-15-16(26)24(17(27)25(15)14(9)6-11)12-4-2-10(8-23)13(7-12)18(20,21)22/h1-4,6-7,15H,5H2. The number of nitriles is 1. The van der Waals surface area contributed by atoms with Gasteiger partial charge in [0.1, 0.15) is 6.04 Å². The lowest BCUT2D eigenvalue weighted by molar-refractivity contribution is -0.137. The van der Waals surface area contributed by atoms with E-state index < -0.39 is 29.3 Å². The van der Waals surface area contributed by atoms with E-state index in [1.54, 1.807) is 23.1 Å². The number of carbonyl (C=O) groups excluding carboxylic acids is 1. The van der Waals surface area contributed by atoms with Crippen molar-refractivity contribution in [1.82, 2.24) is 0 Å². The molecule has 9 heteroatoms. The second-order valence-electron chi connectivity index (χ2n) is 6.16. The van der Waals surface area contributed by atoms with Crippen molar-refractivity contribution in [1.29, 1.82) is 5.26 Å². The SMILES string of the molecule is N#Cc1ccc(N2C(=O)C3Cc4ccc(Cl)cc4N3C2=S)cc1C(F)(F)F. The van der Waals surface area contributed by atoms with Crippen LogP contribution in [-0.2, 0) is 17.4 Å². The van der Waals surface area contributed by atoms with Gasteiger partial charge in [-0.3, -0.25) is 9.69 Å². The van der Waals surface area contributed by atoms with E-state index in [-0.39, 0.29) is 10.8 Å². The first-order valence-corrected chi connectivity index (χ1v) is 8.58. The Hall–Kier alpha value is -2.63. The minimum Gasteiger partial charge on any atom is -0.305 e. The quantitative estimate of drug-likeness (QED) is 0.661. The first-order valence-electron chi connectivity index (χ1n) is 7.79. The van der Waals surface area contributed by atoms with Gasteiger partial charge < -0.3 is 4.90 Å². The maximum absolute atomic E-state index is 13.3. The van der Waals surface area contributed by atoms with Gasteiger partial charge in [0.2, 0.25) is 0 Å². The molecule has 0 bridgehead atoms. The van der Waals surface area contributed by atoms with Crippen molar-refractivity contribution in [2.24, 2.45) is 0 Å². The monoisotopic (exact) mass is 407 g/mol. The Balaban J connectivity index is 1.78. The number of alkyl halides is 3. The Morgan fingerprint density at radius 1 is 1.22 bits per heavy atom. The minimum absolute atomic E-state index is 0.0192. The van der Waals surface area contributed by atoms with E-state index >= 15 is 0 Å². The molecule has 136 valence electrons. The van der Waals surface area contributed by atoms with Gasteiger partial charge in [-0.15, -0.1) is 0 Å². The van der Waals surface area contributed by atoms with Crippen LogP contribution in [0.5, 0.6) is 0 Å². The fraction of sp³-hybridized carbons (Fsp3) is 0.167. The zero-order valence-corrected chi connectivity index (χ0v) is 15.0. The Morgan fingerprint density at radius 3 is 2.63 bits per heavy atom. The topological polar surface area (TPSA) is 47.3 Å². The van der Waals surface area contributed by atoms with E-state index in [4.69, 9.17) is 29.1 Å². The van der Waals surface area contributed by atoms with Gasteiger partial charge in [0.15, 0.2) is 5.11 Å². The highest BCUT2D eigenvalue weighted by Gasteiger charge is 2.48. The van der Waals surface area contributed by atoms with E-state index in [2.05, 4.69) is 0 Å². The second-order valence-corrected chi connectivity index (χ2v) is 6.96. The largest absolute Gasteiger partial charge is 0.417 e. The lowest BCUT2D eigenvalue weighted by Gasteiger charge is -2.21. The van der Waals surface area contributed by atoms with Crippen LogP contribution in [0.4, 0.5) is 24.5 Å². The van der Waals surface area contributed by atoms with Gasteiger partial charge in [-0.2, -0.15) is 18.4 Å². The molecule has 2 heterocycles. The predicted octanol–water partition coefficient (Wildman–Crippen LogP) is 4.29. The minimum atomic E-state index is -4.72. The third-order valence-corrected chi connectivity index (χ3v) is 5.24. The van der Waals surface area contributed by atoms with Gasteiger partial charge in [-0.1, -0.05) is 17.7 Å². The molecule has 1 saturated heterocycles. The summed E-state index contributed by atoms with van der Waals surface area (Å²) in [6.07, 6.45) is -4.33. The van der Waals surface area contributed by atoms with Crippen molar-refractivity contribution in [3.8, 4) is 6.07 Å². The molecule has 1 fully saturated rings. The summed E-state index contributed by atoms with van der Waals surface area (Å²) in [5.74, 6) is -0.412. The normalized spacial score (nSPS) is 18.6. The molecule has 0 spiro atoms. The number of benzene rings is 2. The molecule has 1 unspecified atom stereocenters. The number of nitrogens with zero attached hydrogens (tertiary/aromatic N) is 3. The van der Waals surface area contributed by atoms with E-state index in [0.29, 0.717) is 17.1 Å². The molecule has 2 aliphatic rings. The molecule has 27 heavy (non-hydrogen) atoms. The predicted molar refractivity (Wildman–Crippen MR) is 97.7 cm³/mol. The zero-order chi connectivity index (χ0) is 19.5. The van der Waals surface area contributed by atoms with Crippen LogP contribution in [0.25, 0.3) is 0 Å². The molecule has 1 atom stereocenters. The van der Waals surface area contributed by atoms with E-state index in [9.17, 15) is 18.0 Å². The first kappa shape index (κ1) is 17.8. The number of hydrogen-bond donors (Lipinski definition) is 0. The summed E-state index contributed by atoms with van der Waals surface area (Å²) >= 11 is 11.4. The first-order chi connectivity index (χ1) is 12.7. The van der Waals surface area contributed by atoms with E-state index in [1.165, 1.54) is 12.1 Å². The van der Waals surface area contributed by atoms with Crippen LogP contribution in [0.3, 0.4) is 0 Å². The molecule has 2 aliphatic heterocycles. The lowest BCUT2D eigenvalue weighted by atomic mass is 10.1. The molecule has 4 nitrogen and oxygen atoms in total. The fourth-order valence-electron chi connectivity index (χ4n) is 3.43. The summed E-state index contributed by atoms with van der Waals surface area (Å²) < 4.78 is 39.8. The maximum atomic E-state index is 13.3. The molecule has 1 amide bonds. The lowest BCUT2D eigenvalue weighted by Crippen LogP contribution is -2.33. The van der Waals surface area contributed by atoms with Crippen molar-refractivity contribution in [3.05, 3.63) is 58.1 Å². The number of thiocarbonyl (C=S) groups is 1. The molecule has 0 N–H and O–H groups in total. The van der Waals surface area contributed by atoms with Crippen LogP contribution < -0.4 is 9.80 Å². The molecule has 0 saturated carbocycles. The van der Waals surface area contributed by atoms with Crippen molar-refractivity contribution in [3.63, 3.8) is 0 Å². The van der Waals surface area contributed by atoms with Gasteiger partial charge >= 0.3 is 6.18 Å². The Kier molecular flexibility index (Phi) is 3.91. The molecule has 4 rings (SSSR count). The number of amides is 1. The zero-order valence-electron chi connectivity index (χ0n) is 13.4. The number of fused-ring (bicyclic) bond motifs is 3. The number of anilines is 2. The smallest absolute Gasteiger partial charge is 0.305 e. The van der Waals surface area contributed by atoms with Crippen molar-refractivity contribution >= 4 is 46.2 Å². The molecule has 0 radical (unpaired) electrons. The summed E-state index contributed by atoms with van der Waals surface area (Å²) in [6.45, 7) is 0. The highest BCUT2D eigenvalue weighted by Crippen LogP contribution is 2.42. The molecule has 2 aromatic rings. The van der Waals surface area contributed by atoms with E-state index in [1.807, 2.05) is 0 Å². The summed E-state index contributed by atoms with van der Waals surface area (Å²) in [7, 11) is 0. The van der Waals surface area contributed by atoms with Crippen LogP contribution >= 0.6 is 23.8 Å². The van der Waals surface area contributed by atoms with Crippen molar-refractivity contribution in [2.45, 2.75) is 18.6 Å². The number of carbonyl (C=O) groups is 1. The number of hydrogen-bond acceptors (Lipinski definition) is 3. The average Bonchev–Trinajstić information content (AvgIpc) is 3.09. The van der Waals surface area contributed by atoms with Crippen LogP contribution in [0.1, 0.15) is 16.7 Å². The third-order valence-electron chi connectivity index (χ3n) is 4.62. The molecular formula is C18H9ClF3N3OS. The van der Waals surface area contributed by atoms with Crippen LogP contribution in [0.2, 0.25) is 5.02 Å². The third kappa shape index (κ3) is 2.66. The van der Waals surface area contributed by atoms with Crippen LogP contribution in [0, 0.1) is 11.3 Å². The Labute approximate surface area is 162 Å². The Bertz CT molecular complexity index is 1050. The molecule has 2 aromatic carbocycles. The molecular weight excluding hydrogens is 399 g/mol. The van der Waals surface area contributed by atoms with Crippen LogP contribution in [-0.4, -0.2) is 17.1 Å². The van der Waals surface area contributed by atoms with Gasteiger partial charge in [-0.25, -0.2) is 0 Å². The average molecular weight is 408 g/mol. The van der Waals surface area contributed by atoms with Gasteiger partial charge in [0, 0.05) is 17.1 Å². The highest BCUT2D eigenvalue weighted by molar-refractivity contribution is 7.81. The van der Waals surface area contributed by atoms with Crippen molar-refractivity contribution in [2.75, 3.05) is 9.80 Å². The maximum Gasteiger partial charge on any atom is 0.417 e. The van der Waals surface area contributed by atoms with Gasteiger partial charge in [-0.05, 0) is 48.1 Å². The highest BCUT2D eigenvalue weighted by atomic mass is 35.5. The fourth-order valence-corrected chi connectivity index (χ4v) is 4.01. The number of halogens is 4. The summed E-state index contributed by atoms with van der Waals surface area (Å²) in [4.78, 5) is 15.6. The van der Waals surface area contributed by atoms with Crippen LogP contribution in [0.15, 0.2) is 36.4 Å². The molecule has 0 aromatic heterocycles. The Morgan fingerprint density at radius 2 is 1.96 bits per heavy atom. The summed E-state index contributed by atoms with van der Waals surface area (Å²) in [5, 5.41) is 9.49. The number of rotatable bonds is 1. The van der Waals surface area contributed by atoms with E-state index in [0.717, 1.165) is 22.6 Å². The van der Waals surface area contributed by atoms with Gasteiger partial charge in [0.05, 0.1) is 22.9 Å². The van der Waals surface area contributed by atoms with Gasteiger partial charge in [0.25, 0.3) is 5.91 Å². The second kappa shape index (κ2) is 5.94. The summed E-state index contributed by atoms with van der Waals surface area (Å²) in [6, 6.07) is 9.22. The molecule has 0 aliphatic carbocycles. The van der Waals surface area contributed by atoms with Crippen molar-refractivity contribution < 1.29 is 18.0 Å².